The molecule has 0 bridgehead atoms. The normalized spacial score (nSPS) is 20.6. The van der Waals surface area contributed by atoms with Crippen molar-refractivity contribution in [3.8, 4) is 0 Å². The fourth-order valence-corrected chi connectivity index (χ4v) is 3.23. The second-order valence-electron chi connectivity index (χ2n) is 5.73. The first-order chi connectivity index (χ1) is 10.7. The molecule has 0 radical (unpaired) electrons. The van der Waals surface area contributed by atoms with Gasteiger partial charge in [-0.05, 0) is 18.9 Å². The van der Waals surface area contributed by atoms with Crippen molar-refractivity contribution >= 4 is 28.4 Å². The molecule has 1 spiro atoms. The largest absolute Gasteiger partial charge is 0.419 e. The molecule has 2 aromatic rings. The fourth-order valence-electron chi connectivity index (χ4n) is 3.23. The van der Waals surface area contributed by atoms with E-state index in [-0.39, 0.29) is 5.57 Å². The molecule has 4 rings (SSSR count). The number of nitrogens with one attached hydrogen (secondary N) is 1. The van der Waals surface area contributed by atoms with Crippen LogP contribution in [0.15, 0.2) is 36.5 Å². The molecule has 1 N–H and O–H groups in total. The van der Waals surface area contributed by atoms with Crippen LogP contribution in [0.4, 0.5) is 0 Å². The van der Waals surface area contributed by atoms with Crippen LogP contribution in [0.25, 0.3) is 16.5 Å². The van der Waals surface area contributed by atoms with Crippen LogP contribution in [-0.2, 0) is 19.1 Å². The molecule has 0 unspecified atom stereocenters. The molecule has 112 valence electrons. The van der Waals surface area contributed by atoms with E-state index in [0.29, 0.717) is 18.4 Å². The van der Waals surface area contributed by atoms with E-state index < -0.39 is 17.7 Å². The summed E-state index contributed by atoms with van der Waals surface area (Å²) in [6.45, 7) is 0. The van der Waals surface area contributed by atoms with E-state index in [4.69, 9.17) is 9.47 Å². The molecule has 1 aromatic carbocycles. The molecule has 1 aromatic heterocycles. The van der Waals surface area contributed by atoms with Gasteiger partial charge in [-0.1, -0.05) is 18.2 Å². The Balaban J connectivity index is 1.78. The van der Waals surface area contributed by atoms with Crippen molar-refractivity contribution in [3.63, 3.8) is 0 Å². The highest BCUT2D eigenvalue weighted by Crippen LogP contribution is 2.38. The van der Waals surface area contributed by atoms with Crippen molar-refractivity contribution in [1.29, 1.82) is 0 Å². The van der Waals surface area contributed by atoms with Crippen LogP contribution in [0.1, 0.15) is 31.2 Å². The monoisotopic (exact) mass is 297 g/mol. The van der Waals surface area contributed by atoms with Crippen LogP contribution in [0, 0.1) is 0 Å². The molecule has 1 aliphatic carbocycles. The van der Waals surface area contributed by atoms with E-state index in [2.05, 4.69) is 4.98 Å². The van der Waals surface area contributed by atoms with Crippen molar-refractivity contribution in [3.05, 3.63) is 42.1 Å². The minimum absolute atomic E-state index is 0.242. The SMILES string of the molecule is O=C1C=C(c2c[nH]c3ccccc23)C(=O)OC2(CCCC2)O1. The van der Waals surface area contributed by atoms with Crippen molar-refractivity contribution in [1.82, 2.24) is 4.98 Å². The number of H-pyrrole nitrogens is 1. The van der Waals surface area contributed by atoms with Gasteiger partial charge in [0.05, 0.1) is 5.57 Å². The Morgan fingerprint density at radius 2 is 1.82 bits per heavy atom. The third-order valence-corrected chi connectivity index (χ3v) is 4.29. The average Bonchev–Trinajstić information content (AvgIpc) is 3.09. The Labute approximate surface area is 126 Å². The van der Waals surface area contributed by atoms with Gasteiger partial charge < -0.3 is 14.5 Å². The molecule has 1 aliphatic heterocycles. The van der Waals surface area contributed by atoms with Gasteiger partial charge in [0.1, 0.15) is 0 Å². The number of ether oxygens (including phenoxy) is 2. The second-order valence-corrected chi connectivity index (χ2v) is 5.73. The maximum Gasteiger partial charge on any atom is 0.342 e. The predicted octanol–water partition coefficient (Wildman–Crippen LogP) is 2.92. The Kier molecular flexibility index (Phi) is 2.82. The maximum atomic E-state index is 12.5. The molecule has 2 aliphatic rings. The number of aromatic nitrogens is 1. The first kappa shape index (κ1) is 13.1. The summed E-state index contributed by atoms with van der Waals surface area (Å²) in [5.74, 6) is -2.09. The first-order valence-electron chi connectivity index (χ1n) is 7.41. The summed E-state index contributed by atoms with van der Waals surface area (Å²) in [7, 11) is 0. The highest BCUT2D eigenvalue weighted by Gasteiger charge is 2.44. The summed E-state index contributed by atoms with van der Waals surface area (Å²) in [5.41, 5.74) is 1.80. The lowest BCUT2D eigenvalue weighted by molar-refractivity contribution is -0.217. The van der Waals surface area contributed by atoms with Gasteiger partial charge in [0.15, 0.2) is 0 Å². The van der Waals surface area contributed by atoms with Gasteiger partial charge in [0, 0.05) is 41.6 Å². The predicted molar refractivity (Wildman–Crippen MR) is 79.7 cm³/mol. The molecule has 1 fully saturated rings. The van der Waals surface area contributed by atoms with Crippen molar-refractivity contribution in [2.75, 3.05) is 0 Å². The smallest absolute Gasteiger partial charge is 0.342 e. The number of esters is 2. The second kappa shape index (κ2) is 4.73. The van der Waals surface area contributed by atoms with Gasteiger partial charge in [-0.25, -0.2) is 9.59 Å². The highest BCUT2D eigenvalue weighted by molar-refractivity contribution is 6.24. The van der Waals surface area contributed by atoms with Crippen molar-refractivity contribution < 1.29 is 19.1 Å². The van der Waals surface area contributed by atoms with E-state index in [1.54, 1.807) is 6.20 Å². The van der Waals surface area contributed by atoms with Crippen LogP contribution in [-0.4, -0.2) is 22.7 Å². The average molecular weight is 297 g/mol. The van der Waals surface area contributed by atoms with E-state index in [1.165, 1.54) is 6.08 Å². The minimum atomic E-state index is -1.07. The number of hydrogen-bond acceptors (Lipinski definition) is 4. The molecule has 0 amide bonds. The summed E-state index contributed by atoms with van der Waals surface area (Å²) in [6.07, 6.45) is 5.88. The molecule has 2 heterocycles. The van der Waals surface area contributed by atoms with Crippen LogP contribution in [0.5, 0.6) is 0 Å². The Morgan fingerprint density at radius 3 is 2.64 bits per heavy atom. The Hall–Kier alpha value is -2.56. The molecular weight excluding hydrogens is 282 g/mol. The first-order valence-corrected chi connectivity index (χ1v) is 7.41. The lowest BCUT2D eigenvalue weighted by atomic mass is 10.0. The number of hydrogen-bond donors (Lipinski definition) is 1. The minimum Gasteiger partial charge on any atom is -0.419 e. The summed E-state index contributed by atoms with van der Waals surface area (Å²) >= 11 is 0. The highest BCUT2D eigenvalue weighted by atomic mass is 16.7. The van der Waals surface area contributed by atoms with Crippen molar-refractivity contribution in [2.45, 2.75) is 31.5 Å². The van der Waals surface area contributed by atoms with Gasteiger partial charge in [0.2, 0.25) is 0 Å². The fraction of sp³-hybridized carbons (Fsp3) is 0.294. The van der Waals surface area contributed by atoms with Crippen LogP contribution in [0.2, 0.25) is 0 Å². The Morgan fingerprint density at radius 1 is 1.05 bits per heavy atom. The number of benzene rings is 1. The third kappa shape index (κ3) is 2.01. The van der Waals surface area contributed by atoms with Crippen LogP contribution >= 0.6 is 0 Å². The molecule has 0 atom stereocenters. The maximum absolute atomic E-state index is 12.5. The van der Waals surface area contributed by atoms with Gasteiger partial charge in [-0.3, -0.25) is 0 Å². The zero-order valence-electron chi connectivity index (χ0n) is 11.9. The molecule has 1 saturated carbocycles. The quantitative estimate of drug-likeness (QED) is 0.822. The van der Waals surface area contributed by atoms with E-state index >= 15 is 0 Å². The number of carbonyl (C=O) groups excluding carboxylic acids is 2. The van der Waals surface area contributed by atoms with Gasteiger partial charge in [-0.2, -0.15) is 0 Å². The molecular formula is C17H15NO4. The topological polar surface area (TPSA) is 68.4 Å². The summed E-state index contributed by atoms with van der Waals surface area (Å²) < 4.78 is 11.0. The molecule has 5 nitrogen and oxygen atoms in total. The van der Waals surface area contributed by atoms with Gasteiger partial charge in [-0.15, -0.1) is 0 Å². The number of aromatic amines is 1. The lowest BCUT2D eigenvalue weighted by Crippen LogP contribution is -2.35. The summed E-state index contributed by atoms with van der Waals surface area (Å²) in [4.78, 5) is 27.7. The van der Waals surface area contributed by atoms with E-state index in [9.17, 15) is 9.59 Å². The number of para-hydroxylation sites is 1. The summed E-state index contributed by atoms with van der Waals surface area (Å²) in [6, 6.07) is 7.61. The molecule has 5 heteroatoms. The van der Waals surface area contributed by atoms with E-state index in [0.717, 1.165) is 23.7 Å². The molecule has 22 heavy (non-hydrogen) atoms. The van der Waals surface area contributed by atoms with Crippen molar-refractivity contribution in [2.24, 2.45) is 0 Å². The number of carbonyl (C=O) groups is 2. The zero-order chi connectivity index (χ0) is 15.2. The third-order valence-electron chi connectivity index (χ3n) is 4.29. The lowest BCUT2D eigenvalue weighted by Gasteiger charge is -2.26. The van der Waals surface area contributed by atoms with Gasteiger partial charge in [0.25, 0.3) is 5.79 Å². The van der Waals surface area contributed by atoms with Gasteiger partial charge >= 0.3 is 11.9 Å². The van der Waals surface area contributed by atoms with Crippen LogP contribution in [0.3, 0.4) is 0 Å². The zero-order valence-corrected chi connectivity index (χ0v) is 11.9. The van der Waals surface area contributed by atoms with E-state index in [1.807, 2.05) is 24.3 Å². The molecule has 0 saturated heterocycles. The number of rotatable bonds is 1. The summed E-state index contributed by atoms with van der Waals surface area (Å²) in [5, 5.41) is 0.876. The standard InChI is InChI=1S/C17H15NO4/c19-15-9-12(13-10-18-14-6-2-1-5-11(13)14)16(20)22-17(21-15)7-3-4-8-17/h1-2,5-6,9-10,18H,3-4,7-8H2. The Bertz CT molecular complexity index is 796. The number of fused-ring (bicyclic) bond motifs is 1. The van der Waals surface area contributed by atoms with Crippen LogP contribution < -0.4 is 0 Å².